The third-order valence-electron chi connectivity index (χ3n) is 2.82. The van der Waals surface area contributed by atoms with E-state index in [0.29, 0.717) is 5.56 Å². The Morgan fingerprint density at radius 3 is 2.41 bits per heavy atom. The SMILES string of the molecule is O=C(c1ccccc1)[C@@H]1OC[C@@H](O)C(O)C1O. The predicted octanol–water partition coefficient (Wildman–Crippen LogP) is -0.649. The van der Waals surface area contributed by atoms with Crippen molar-refractivity contribution < 1.29 is 24.9 Å². The van der Waals surface area contributed by atoms with Crippen molar-refractivity contribution in [3.63, 3.8) is 0 Å². The van der Waals surface area contributed by atoms with Gasteiger partial charge in [-0.1, -0.05) is 30.3 Å². The number of hydrogen-bond donors (Lipinski definition) is 3. The Morgan fingerprint density at radius 2 is 1.76 bits per heavy atom. The van der Waals surface area contributed by atoms with E-state index in [0.717, 1.165) is 0 Å². The molecule has 3 N–H and O–H groups in total. The van der Waals surface area contributed by atoms with Gasteiger partial charge in [-0.3, -0.25) is 4.79 Å². The molecule has 0 aliphatic carbocycles. The minimum absolute atomic E-state index is 0.165. The number of benzene rings is 1. The Labute approximate surface area is 98.3 Å². The number of ketones is 1. The summed E-state index contributed by atoms with van der Waals surface area (Å²) >= 11 is 0. The Morgan fingerprint density at radius 1 is 1.12 bits per heavy atom. The first-order valence-corrected chi connectivity index (χ1v) is 5.36. The Bertz CT molecular complexity index is 391. The number of ether oxygens (including phenoxy) is 1. The van der Waals surface area contributed by atoms with E-state index in [1.54, 1.807) is 30.3 Å². The van der Waals surface area contributed by atoms with Crippen LogP contribution in [0.4, 0.5) is 0 Å². The van der Waals surface area contributed by atoms with Crippen molar-refractivity contribution in [3.8, 4) is 0 Å². The molecule has 92 valence electrons. The Balaban J connectivity index is 2.16. The molecule has 1 fully saturated rings. The van der Waals surface area contributed by atoms with E-state index in [1.165, 1.54) is 0 Å². The van der Waals surface area contributed by atoms with Gasteiger partial charge in [-0.25, -0.2) is 0 Å². The Hall–Kier alpha value is -1.27. The largest absolute Gasteiger partial charge is 0.388 e. The van der Waals surface area contributed by atoms with E-state index in [-0.39, 0.29) is 6.61 Å². The lowest BCUT2D eigenvalue weighted by Crippen LogP contribution is -2.55. The zero-order chi connectivity index (χ0) is 12.4. The van der Waals surface area contributed by atoms with Crippen LogP contribution in [0.2, 0.25) is 0 Å². The number of hydrogen-bond acceptors (Lipinski definition) is 5. The molecular weight excluding hydrogens is 224 g/mol. The van der Waals surface area contributed by atoms with Crippen molar-refractivity contribution >= 4 is 5.78 Å². The average Bonchev–Trinajstić information content (AvgIpc) is 2.36. The highest BCUT2D eigenvalue weighted by molar-refractivity contribution is 6.00. The average molecular weight is 238 g/mol. The summed E-state index contributed by atoms with van der Waals surface area (Å²) in [6.45, 7) is -0.165. The topological polar surface area (TPSA) is 87.0 Å². The van der Waals surface area contributed by atoms with E-state index in [1.807, 2.05) is 0 Å². The third-order valence-corrected chi connectivity index (χ3v) is 2.82. The molecule has 5 nitrogen and oxygen atoms in total. The first kappa shape index (κ1) is 12.2. The number of aliphatic hydroxyl groups is 3. The van der Waals surface area contributed by atoms with E-state index in [2.05, 4.69) is 0 Å². The number of rotatable bonds is 2. The minimum Gasteiger partial charge on any atom is -0.388 e. The van der Waals surface area contributed by atoms with Crippen LogP contribution in [0.3, 0.4) is 0 Å². The molecule has 0 aromatic heterocycles. The van der Waals surface area contributed by atoms with Gasteiger partial charge in [0.1, 0.15) is 24.4 Å². The van der Waals surface area contributed by atoms with Crippen LogP contribution in [0.15, 0.2) is 30.3 Å². The summed E-state index contributed by atoms with van der Waals surface area (Å²) < 4.78 is 5.08. The maximum absolute atomic E-state index is 12.0. The van der Waals surface area contributed by atoms with Gasteiger partial charge >= 0.3 is 0 Å². The molecule has 2 unspecified atom stereocenters. The molecule has 4 atom stereocenters. The lowest BCUT2D eigenvalue weighted by molar-refractivity contribution is -0.172. The summed E-state index contributed by atoms with van der Waals surface area (Å²) in [6.07, 6.45) is -5.06. The van der Waals surface area contributed by atoms with Gasteiger partial charge < -0.3 is 20.1 Å². The first-order chi connectivity index (χ1) is 8.11. The van der Waals surface area contributed by atoms with Crippen molar-refractivity contribution in [1.82, 2.24) is 0 Å². The summed E-state index contributed by atoms with van der Waals surface area (Å²) in [4.78, 5) is 12.0. The highest BCUT2D eigenvalue weighted by atomic mass is 16.5. The van der Waals surface area contributed by atoms with Gasteiger partial charge in [0.15, 0.2) is 5.78 Å². The minimum atomic E-state index is -1.41. The zero-order valence-corrected chi connectivity index (χ0v) is 9.06. The van der Waals surface area contributed by atoms with Crippen molar-refractivity contribution in [3.05, 3.63) is 35.9 Å². The second-order valence-electron chi connectivity index (χ2n) is 4.03. The van der Waals surface area contributed by atoms with E-state index < -0.39 is 30.2 Å². The van der Waals surface area contributed by atoms with Gasteiger partial charge in [0.25, 0.3) is 0 Å². The van der Waals surface area contributed by atoms with Gasteiger partial charge in [-0.2, -0.15) is 0 Å². The van der Waals surface area contributed by atoms with Crippen LogP contribution < -0.4 is 0 Å². The zero-order valence-electron chi connectivity index (χ0n) is 9.06. The third kappa shape index (κ3) is 2.37. The number of aliphatic hydroxyl groups excluding tert-OH is 3. The van der Waals surface area contributed by atoms with E-state index in [4.69, 9.17) is 4.74 Å². The smallest absolute Gasteiger partial charge is 0.194 e. The molecule has 1 saturated heterocycles. The monoisotopic (exact) mass is 238 g/mol. The quantitative estimate of drug-likeness (QED) is 0.596. The molecule has 1 aliphatic rings. The molecule has 0 saturated carbocycles. The fourth-order valence-corrected chi connectivity index (χ4v) is 1.80. The van der Waals surface area contributed by atoms with Crippen LogP contribution in [-0.2, 0) is 4.74 Å². The molecule has 1 aromatic carbocycles. The van der Waals surface area contributed by atoms with Crippen LogP contribution >= 0.6 is 0 Å². The van der Waals surface area contributed by atoms with Gasteiger partial charge in [0.2, 0.25) is 0 Å². The molecule has 17 heavy (non-hydrogen) atoms. The van der Waals surface area contributed by atoms with Crippen molar-refractivity contribution in [2.45, 2.75) is 24.4 Å². The van der Waals surface area contributed by atoms with Crippen LogP contribution in [0.1, 0.15) is 10.4 Å². The predicted molar refractivity (Wildman–Crippen MR) is 58.5 cm³/mol. The molecule has 0 spiro atoms. The second kappa shape index (κ2) is 4.93. The molecular formula is C12H14O5. The highest BCUT2D eigenvalue weighted by Gasteiger charge is 2.41. The van der Waals surface area contributed by atoms with Gasteiger partial charge in [-0.05, 0) is 0 Å². The molecule has 2 rings (SSSR count). The lowest BCUT2D eigenvalue weighted by atomic mass is 9.94. The molecule has 1 aromatic rings. The molecule has 0 amide bonds. The molecule has 0 radical (unpaired) electrons. The van der Waals surface area contributed by atoms with Crippen LogP contribution in [0.25, 0.3) is 0 Å². The maximum atomic E-state index is 12.0. The second-order valence-corrected chi connectivity index (χ2v) is 4.03. The molecule has 1 heterocycles. The molecule has 0 bridgehead atoms. The fraction of sp³-hybridized carbons (Fsp3) is 0.417. The standard InChI is InChI=1S/C12H14O5/c13-8-6-17-12(11(16)10(8)15)9(14)7-4-2-1-3-5-7/h1-5,8,10-13,15-16H,6H2/t8-,10?,11?,12+/m1/s1. The fourth-order valence-electron chi connectivity index (χ4n) is 1.80. The normalized spacial score (nSPS) is 33.4. The van der Waals surface area contributed by atoms with Crippen LogP contribution in [0.5, 0.6) is 0 Å². The summed E-state index contributed by atoms with van der Waals surface area (Å²) in [5.41, 5.74) is 0.403. The van der Waals surface area contributed by atoms with Crippen molar-refractivity contribution in [1.29, 1.82) is 0 Å². The highest BCUT2D eigenvalue weighted by Crippen LogP contribution is 2.19. The summed E-state index contributed by atoms with van der Waals surface area (Å²) in [7, 11) is 0. The van der Waals surface area contributed by atoms with E-state index in [9.17, 15) is 20.1 Å². The van der Waals surface area contributed by atoms with Crippen LogP contribution in [0, 0.1) is 0 Å². The summed E-state index contributed by atoms with van der Waals surface area (Å²) in [6, 6.07) is 8.39. The van der Waals surface area contributed by atoms with Gasteiger partial charge in [-0.15, -0.1) is 0 Å². The molecule has 1 aliphatic heterocycles. The van der Waals surface area contributed by atoms with Crippen LogP contribution in [-0.4, -0.2) is 52.1 Å². The summed E-state index contributed by atoms with van der Waals surface area (Å²) in [5, 5.41) is 28.4. The van der Waals surface area contributed by atoms with Gasteiger partial charge in [0, 0.05) is 5.56 Å². The number of carbonyl (C=O) groups excluding carboxylic acids is 1. The van der Waals surface area contributed by atoms with Crippen molar-refractivity contribution in [2.75, 3.05) is 6.61 Å². The molecule has 5 heteroatoms. The van der Waals surface area contributed by atoms with Crippen molar-refractivity contribution in [2.24, 2.45) is 0 Å². The first-order valence-electron chi connectivity index (χ1n) is 5.36. The summed E-state index contributed by atoms with van der Waals surface area (Å²) in [5.74, 6) is -0.399. The Kier molecular flexibility index (Phi) is 3.54. The number of carbonyl (C=O) groups is 1. The van der Waals surface area contributed by atoms with E-state index >= 15 is 0 Å². The lowest BCUT2D eigenvalue weighted by Gasteiger charge is -2.34. The number of Topliss-reactive ketones (excluding diaryl/α,β-unsaturated/α-hetero) is 1. The maximum Gasteiger partial charge on any atom is 0.194 e. The van der Waals surface area contributed by atoms with Gasteiger partial charge in [0.05, 0.1) is 6.61 Å².